The molecule has 0 aliphatic carbocycles. The fourth-order valence-electron chi connectivity index (χ4n) is 4.06. The van der Waals surface area contributed by atoms with Crippen molar-refractivity contribution < 1.29 is 9.53 Å². The second kappa shape index (κ2) is 7.99. The summed E-state index contributed by atoms with van der Waals surface area (Å²) in [5, 5.41) is 0. The summed E-state index contributed by atoms with van der Waals surface area (Å²) in [6.07, 6.45) is 4.22. The molecule has 2 aliphatic rings. The molecule has 0 bridgehead atoms. The lowest BCUT2D eigenvalue weighted by molar-refractivity contribution is 0.0205. The van der Waals surface area contributed by atoms with Crippen molar-refractivity contribution >= 4 is 17.5 Å². The van der Waals surface area contributed by atoms with Crippen LogP contribution in [0.25, 0.3) is 0 Å². The molecule has 1 aromatic carbocycles. The number of nitrogens with zero attached hydrogens (tertiary/aromatic N) is 2. The number of carbonyl (C=O) groups excluding carboxylic acids is 1. The number of amides is 1. The van der Waals surface area contributed by atoms with Crippen LogP contribution >= 0.6 is 0 Å². The minimum atomic E-state index is -0.439. The lowest BCUT2D eigenvalue weighted by Gasteiger charge is -2.35. The fourth-order valence-corrected chi connectivity index (χ4v) is 4.06. The predicted molar refractivity (Wildman–Crippen MR) is 111 cm³/mol. The molecule has 2 saturated heterocycles. The van der Waals surface area contributed by atoms with E-state index in [2.05, 4.69) is 30.0 Å². The van der Waals surface area contributed by atoms with Gasteiger partial charge in [-0.05, 0) is 76.0 Å². The zero-order valence-electron chi connectivity index (χ0n) is 17.3. The molecule has 0 unspecified atom stereocenters. The second-order valence-electron chi connectivity index (χ2n) is 9.23. The molecule has 150 valence electrons. The SMILES string of the molecule is CC1CCN(c2cc(C3CCN(C(=O)OC(C)(C)C)CC3)ccc2N)CC1. The van der Waals surface area contributed by atoms with E-state index in [0.717, 1.165) is 50.6 Å². The Kier molecular flexibility index (Phi) is 5.87. The Hall–Kier alpha value is -1.91. The highest BCUT2D eigenvalue weighted by molar-refractivity contribution is 5.69. The molecule has 2 aliphatic heterocycles. The molecule has 2 N–H and O–H groups in total. The van der Waals surface area contributed by atoms with Crippen LogP contribution in [0.1, 0.15) is 64.9 Å². The average molecular weight is 374 g/mol. The number of anilines is 2. The standard InChI is InChI=1S/C22H35N3O2/c1-16-7-11-24(12-8-16)20-15-18(5-6-19(20)23)17-9-13-25(14-10-17)21(26)27-22(2,3)4/h5-6,15-17H,7-14,23H2,1-4H3. The monoisotopic (exact) mass is 373 g/mol. The van der Waals surface area contributed by atoms with Crippen molar-refractivity contribution in [2.75, 3.05) is 36.8 Å². The molecule has 2 heterocycles. The molecule has 0 saturated carbocycles. The van der Waals surface area contributed by atoms with Crippen LogP contribution in [0.2, 0.25) is 0 Å². The van der Waals surface area contributed by atoms with Crippen molar-refractivity contribution in [2.45, 2.75) is 64.9 Å². The highest BCUT2D eigenvalue weighted by atomic mass is 16.6. The Morgan fingerprint density at radius 2 is 1.70 bits per heavy atom. The number of nitrogens with two attached hydrogens (primary N) is 1. The van der Waals surface area contributed by atoms with Gasteiger partial charge >= 0.3 is 6.09 Å². The Labute approximate surface area is 163 Å². The van der Waals surface area contributed by atoms with Gasteiger partial charge in [-0.1, -0.05) is 13.0 Å². The van der Waals surface area contributed by atoms with E-state index in [-0.39, 0.29) is 6.09 Å². The van der Waals surface area contributed by atoms with Crippen LogP contribution in [-0.2, 0) is 4.74 Å². The van der Waals surface area contributed by atoms with Gasteiger partial charge in [-0.3, -0.25) is 0 Å². The average Bonchev–Trinajstić information content (AvgIpc) is 2.62. The lowest BCUT2D eigenvalue weighted by atomic mass is 9.88. The van der Waals surface area contributed by atoms with Crippen LogP contribution in [0, 0.1) is 5.92 Å². The van der Waals surface area contributed by atoms with Gasteiger partial charge in [-0.25, -0.2) is 4.79 Å². The minimum Gasteiger partial charge on any atom is -0.444 e. The maximum absolute atomic E-state index is 12.3. The van der Waals surface area contributed by atoms with E-state index in [1.54, 1.807) is 0 Å². The van der Waals surface area contributed by atoms with E-state index < -0.39 is 5.60 Å². The van der Waals surface area contributed by atoms with Crippen molar-refractivity contribution in [1.29, 1.82) is 0 Å². The first-order valence-electron chi connectivity index (χ1n) is 10.4. The molecule has 2 fully saturated rings. The van der Waals surface area contributed by atoms with Crippen LogP contribution in [-0.4, -0.2) is 42.8 Å². The molecule has 5 heteroatoms. The summed E-state index contributed by atoms with van der Waals surface area (Å²) in [4.78, 5) is 16.5. The van der Waals surface area contributed by atoms with Gasteiger partial charge in [0.2, 0.25) is 0 Å². The van der Waals surface area contributed by atoms with Gasteiger partial charge in [-0.2, -0.15) is 0 Å². The molecule has 3 rings (SSSR count). The zero-order valence-corrected chi connectivity index (χ0v) is 17.3. The Morgan fingerprint density at radius 1 is 1.07 bits per heavy atom. The largest absolute Gasteiger partial charge is 0.444 e. The number of piperidine rings is 2. The van der Waals surface area contributed by atoms with Crippen LogP contribution in [0.15, 0.2) is 18.2 Å². The summed E-state index contributed by atoms with van der Waals surface area (Å²) in [6, 6.07) is 6.52. The van der Waals surface area contributed by atoms with Gasteiger partial charge in [0, 0.05) is 26.2 Å². The Bertz CT molecular complexity index is 652. The molecule has 0 aromatic heterocycles. The first-order valence-corrected chi connectivity index (χ1v) is 10.4. The number of benzene rings is 1. The summed E-state index contributed by atoms with van der Waals surface area (Å²) in [5.41, 5.74) is 9.27. The molecule has 0 spiro atoms. The first kappa shape index (κ1) is 19.8. The molecule has 1 aromatic rings. The fraction of sp³-hybridized carbons (Fsp3) is 0.682. The maximum Gasteiger partial charge on any atom is 0.410 e. The normalized spacial score (nSPS) is 20.0. The van der Waals surface area contributed by atoms with Crippen LogP contribution < -0.4 is 10.6 Å². The Balaban J connectivity index is 1.63. The number of hydrogen-bond acceptors (Lipinski definition) is 4. The van der Waals surface area contributed by atoms with Crippen molar-refractivity contribution in [1.82, 2.24) is 4.90 Å². The summed E-state index contributed by atoms with van der Waals surface area (Å²) >= 11 is 0. The topological polar surface area (TPSA) is 58.8 Å². The third-order valence-electron chi connectivity index (χ3n) is 5.80. The van der Waals surface area contributed by atoms with Crippen LogP contribution in [0.3, 0.4) is 0 Å². The van der Waals surface area contributed by atoms with E-state index in [4.69, 9.17) is 10.5 Å². The molecule has 5 nitrogen and oxygen atoms in total. The van der Waals surface area contributed by atoms with Crippen molar-refractivity contribution in [3.8, 4) is 0 Å². The Morgan fingerprint density at radius 3 is 2.30 bits per heavy atom. The first-order chi connectivity index (χ1) is 12.7. The van der Waals surface area contributed by atoms with E-state index >= 15 is 0 Å². The molecule has 0 radical (unpaired) electrons. The number of ether oxygens (including phenoxy) is 1. The number of rotatable bonds is 2. The predicted octanol–water partition coefficient (Wildman–Crippen LogP) is 4.62. The molecular weight excluding hydrogens is 338 g/mol. The van der Waals surface area contributed by atoms with E-state index in [0.29, 0.717) is 5.92 Å². The molecular formula is C22H35N3O2. The molecule has 1 amide bonds. The number of carbonyl (C=O) groups is 1. The summed E-state index contributed by atoms with van der Waals surface area (Å²) < 4.78 is 5.50. The van der Waals surface area contributed by atoms with Crippen molar-refractivity contribution in [3.05, 3.63) is 23.8 Å². The zero-order chi connectivity index (χ0) is 19.6. The number of hydrogen-bond donors (Lipinski definition) is 1. The quantitative estimate of drug-likeness (QED) is 0.769. The minimum absolute atomic E-state index is 0.193. The van der Waals surface area contributed by atoms with Crippen LogP contribution in [0.5, 0.6) is 0 Å². The smallest absolute Gasteiger partial charge is 0.410 e. The number of likely N-dealkylation sites (tertiary alicyclic amines) is 1. The van der Waals surface area contributed by atoms with Crippen molar-refractivity contribution in [2.24, 2.45) is 5.92 Å². The van der Waals surface area contributed by atoms with E-state index in [1.807, 2.05) is 25.7 Å². The lowest BCUT2D eigenvalue weighted by Crippen LogP contribution is -2.41. The van der Waals surface area contributed by atoms with E-state index in [1.165, 1.54) is 24.1 Å². The third-order valence-corrected chi connectivity index (χ3v) is 5.80. The summed E-state index contributed by atoms with van der Waals surface area (Å²) in [7, 11) is 0. The van der Waals surface area contributed by atoms with Gasteiger partial charge in [0.25, 0.3) is 0 Å². The van der Waals surface area contributed by atoms with Crippen LogP contribution in [0.4, 0.5) is 16.2 Å². The molecule has 0 atom stereocenters. The summed E-state index contributed by atoms with van der Waals surface area (Å²) in [5.74, 6) is 1.29. The maximum atomic E-state index is 12.3. The highest BCUT2D eigenvalue weighted by Gasteiger charge is 2.28. The third kappa shape index (κ3) is 5.08. The number of nitrogen functional groups attached to an aromatic ring is 1. The van der Waals surface area contributed by atoms with E-state index in [9.17, 15) is 4.79 Å². The van der Waals surface area contributed by atoms with Gasteiger partial charge in [-0.15, -0.1) is 0 Å². The highest BCUT2D eigenvalue weighted by Crippen LogP contribution is 2.35. The van der Waals surface area contributed by atoms with Crippen molar-refractivity contribution in [3.63, 3.8) is 0 Å². The van der Waals surface area contributed by atoms with Gasteiger partial charge in [0.05, 0.1) is 11.4 Å². The summed E-state index contributed by atoms with van der Waals surface area (Å²) in [6.45, 7) is 11.7. The molecule has 27 heavy (non-hydrogen) atoms. The van der Waals surface area contributed by atoms with Gasteiger partial charge in [0.15, 0.2) is 0 Å². The van der Waals surface area contributed by atoms with Gasteiger partial charge in [0.1, 0.15) is 5.60 Å². The van der Waals surface area contributed by atoms with Gasteiger partial charge < -0.3 is 20.3 Å². The second-order valence-corrected chi connectivity index (χ2v) is 9.23.